The highest BCUT2D eigenvalue weighted by Crippen LogP contribution is 2.20. The molecule has 22 heavy (non-hydrogen) atoms. The van der Waals surface area contributed by atoms with Crippen LogP contribution in [0.3, 0.4) is 0 Å². The van der Waals surface area contributed by atoms with Gasteiger partial charge in [0.2, 0.25) is 5.91 Å². The number of nitrogens with zero attached hydrogens (tertiary/aromatic N) is 2. The van der Waals surface area contributed by atoms with Crippen LogP contribution in [0, 0.1) is 0 Å². The van der Waals surface area contributed by atoms with E-state index in [4.69, 9.17) is 11.6 Å². The lowest BCUT2D eigenvalue weighted by Crippen LogP contribution is -2.37. The first kappa shape index (κ1) is 14.9. The van der Waals surface area contributed by atoms with Gasteiger partial charge in [-0.25, -0.2) is 0 Å². The number of aromatic nitrogens is 1. The predicted octanol–water partition coefficient (Wildman–Crippen LogP) is 2.08. The second-order valence-electron chi connectivity index (χ2n) is 5.41. The SMILES string of the molecule is O=C(CCl)N1CCCN(C(=O)c2c[nH]c3ccccc23)CC1. The Kier molecular flexibility index (Phi) is 4.34. The number of fused-ring (bicyclic) bond motifs is 1. The molecule has 0 radical (unpaired) electrons. The van der Waals surface area contributed by atoms with E-state index in [2.05, 4.69) is 4.98 Å². The van der Waals surface area contributed by atoms with Crippen molar-refractivity contribution in [3.63, 3.8) is 0 Å². The van der Waals surface area contributed by atoms with Crippen LogP contribution in [0.25, 0.3) is 10.9 Å². The van der Waals surface area contributed by atoms with Crippen LogP contribution in [0.4, 0.5) is 0 Å². The summed E-state index contributed by atoms with van der Waals surface area (Å²) in [7, 11) is 0. The lowest BCUT2D eigenvalue weighted by Gasteiger charge is -2.21. The fourth-order valence-electron chi connectivity index (χ4n) is 2.87. The smallest absolute Gasteiger partial charge is 0.256 e. The Bertz CT molecular complexity index is 698. The topological polar surface area (TPSA) is 56.4 Å². The third kappa shape index (κ3) is 2.81. The molecule has 2 heterocycles. The molecule has 6 heteroatoms. The first-order chi connectivity index (χ1) is 10.7. The Morgan fingerprint density at radius 1 is 1.09 bits per heavy atom. The molecular formula is C16H18ClN3O2. The summed E-state index contributed by atoms with van der Waals surface area (Å²) in [5, 5.41) is 0.936. The molecule has 0 atom stereocenters. The van der Waals surface area contributed by atoms with Crippen LogP contribution >= 0.6 is 11.6 Å². The zero-order valence-electron chi connectivity index (χ0n) is 12.2. The predicted molar refractivity (Wildman–Crippen MR) is 86.1 cm³/mol. The van der Waals surface area contributed by atoms with Crippen molar-refractivity contribution < 1.29 is 9.59 Å². The summed E-state index contributed by atoms with van der Waals surface area (Å²) in [6, 6.07) is 7.76. The van der Waals surface area contributed by atoms with E-state index in [1.54, 1.807) is 11.1 Å². The molecule has 1 aromatic carbocycles. The highest BCUT2D eigenvalue weighted by Gasteiger charge is 2.23. The summed E-state index contributed by atoms with van der Waals surface area (Å²) < 4.78 is 0. The summed E-state index contributed by atoms with van der Waals surface area (Å²) in [5.74, 6) is -0.0585. The van der Waals surface area contributed by atoms with E-state index >= 15 is 0 Å². The molecule has 1 aromatic heterocycles. The van der Waals surface area contributed by atoms with Crippen molar-refractivity contribution in [1.82, 2.24) is 14.8 Å². The maximum atomic E-state index is 12.8. The van der Waals surface area contributed by atoms with Crippen molar-refractivity contribution in [3.8, 4) is 0 Å². The van der Waals surface area contributed by atoms with Crippen LogP contribution in [0.1, 0.15) is 16.8 Å². The van der Waals surface area contributed by atoms with E-state index < -0.39 is 0 Å². The summed E-state index contributed by atoms with van der Waals surface area (Å²) in [4.78, 5) is 31.1. The normalized spacial score (nSPS) is 15.9. The van der Waals surface area contributed by atoms with E-state index in [0.29, 0.717) is 31.7 Å². The standard InChI is InChI=1S/C16H18ClN3O2/c17-10-15(21)19-6-3-7-20(9-8-19)16(22)13-11-18-14-5-2-1-4-12(13)14/h1-2,4-5,11,18H,3,6-10H2. The van der Waals surface area contributed by atoms with Gasteiger partial charge in [-0.05, 0) is 12.5 Å². The Morgan fingerprint density at radius 3 is 2.64 bits per heavy atom. The Balaban J connectivity index is 1.76. The Morgan fingerprint density at radius 2 is 1.82 bits per heavy atom. The maximum absolute atomic E-state index is 12.8. The number of H-pyrrole nitrogens is 1. The van der Waals surface area contributed by atoms with Crippen molar-refractivity contribution in [2.75, 3.05) is 32.1 Å². The second kappa shape index (κ2) is 6.40. The van der Waals surface area contributed by atoms with Gasteiger partial charge in [0, 0.05) is 43.3 Å². The number of rotatable bonds is 2. The van der Waals surface area contributed by atoms with Gasteiger partial charge in [0.15, 0.2) is 0 Å². The molecule has 1 N–H and O–H groups in total. The Hall–Kier alpha value is -2.01. The summed E-state index contributed by atoms with van der Waals surface area (Å²) in [6.07, 6.45) is 2.54. The van der Waals surface area contributed by atoms with E-state index in [1.807, 2.05) is 29.2 Å². The molecule has 0 aliphatic carbocycles. The van der Waals surface area contributed by atoms with Gasteiger partial charge in [-0.1, -0.05) is 18.2 Å². The lowest BCUT2D eigenvalue weighted by molar-refractivity contribution is -0.128. The minimum absolute atomic E-state index is 0.00358. The number of amides is 2. The van der Waals surface area contributed by atoms with Crippen LogP contribution in [0.5, 0.6) is 0 Å². The van der Waals surface area contributed by atoms with Crippen molar-refractivity contribution in [2.24, 2.45) is 0 Å². The molecule has 1 aliphatic rings. The van der Waals surface area contributed by atoms with E-state index in [1.165, 1.54) is 0 Å². The Labute approximate surface area is 133 Å². The van der Waals surface area contributed by atoms with Crippen molar-refractivity contribution in [3.05, 3.63) is 36.0 Å². The molecule has 0 saturated carbocycles. The molecule has 1 fully saturated rings. The van der Waals surface area contributed by atoms with Crippen LogP contribution in [0.15, 0.2) is 30.5 Å². The minimum Gasteiger partial charge on any atom is -0.360 e. The number of para-hydroxylation sites is 1. The molecule has 5 nitrogen and oxygen atoms in total. The minimum atomic E-state index is -0.0666. The summed E-state index contributed by atoms with van der Waals surface area (Å²) in [5.41, 5.74) is 1.65. The van der Waals surface area contributed by atoms with Gasteiger partial charge in [0.25, 0.3) is 5.91 Å². The molecule has 2 aromatic rings. The molecule has 2 amide bonds. The van der Waals surface area contributed by atoms with Gasteiger partial charge in [0.1, 0.15) is 5.88 Å². The van der Waals surface area contributed by atoms with Gasteiger partial charge in [-0.2, -0.15) is 0 Å². The van der Waals surface area contributed by atoms with Crippen LogP contribution in [-0.2, 0) is 4.79 Å². The molecule has 3 rings (SSSR count). The van der Waals surface area contributed by atoms with Crippen LogP contribution in [0.2, 0.25) is 0 Å². The summed E-state index contributed by atoms with van der Waals surface area (Å²) >= 11 is 5.61. The molecule has 116 valence electrons. The summed E-state index contributed by atoms with van der Waals surface area (Å²) in [6.45, 7) is 2.40. The van der Waals surface area contributed by atoms with Gasteiger partial charge in [0.05, 0.1) is 5.56 Å². The number of hydrogen-bond acceptors (Lipinski definition) is 2. The van der Waals surface area contributed by atoms with Crippen LogP contribution in [-0.4, -0.2) is 58.7 Å². The molecule has 0 unspecified atom stereocenters. The number of benzene rings is 1. The van der Waals surface area contributed by atoms with E-state index in [-0.39, 0.29) is 17.7 Å². The number of carbonyl (C=O) groups is 2. The lowest BCUT2D eigenvalue weighted by atomic mass is 10.1. The number of nitrogens with one attached hydrogen (secondary N) is 1. The quantitative estimate of drug-likeness (QED) is 0.862. The highest BCUT2D eigenvalue weighted by atomic mass is 35.5. The third-order valence-electron chi connectivity index (χ3n) is 4.07. The van der Waals surface area contributed by atoms with Gasteiger partial charge >= 0.3 is 0 Å². The molecular weight excluding hydrogens is 302 g/mol. The number of carbonyl (C=O) groups excluding carboxylic acids is 2. The van der Waals surface area contributed by atoms with Gasteiger partial charge in [-0.3, -0.25) is 9.59 Å². The fraction of sp³-hybridized carbons (Fsp3) is 0.375. The average Bonchev–Trinajstić information content (AvgIpc) is 2.82. The number of halogens is 1. The van der Waals surface area contributed by atoms with Crippen molar-refractivity contribution in [1.29, 1.82) is 0 Å². The second-order valence-corrected chi connectivity index (χ2v) is 5.68. The first-order valence-corrected chi connectivity index (χ1v) is 7.93. The largest absolute Gasteiger partial charge is 0.360 e. The average molecular weight is 320 g/mol. The van der Waals surface area contributed by atoms with Crippen molar-refractivity contribution >= 4 is 34.3 Å². The first-order valence-electron chi connectivity index (χ1n) is 7.40. The van der Waals surface area contributed by atoms with Gasteiger partial charge in [-0.15, -0.1) is 11.6 Å². The number of alkyl halides is 1. The van der Waals surface area contributed by atoms with E-state index in [9.17, 15) is 9.59 Å². The van der Waals surface area contributed by atoms with E-state index in [0.717, 1.165) is 17.3 Å². The number of hydrogen-bond donors (Lipinski definition) is 1. The van der Waals surface area contributed by atoms with Gasteiger partial charge < -0.3 is 14.8 Å². The molecule has 1 aliphatic heterocycles. The molecule has 0 bridgehead atoms. The zero-order chi connectivity index (χ0) is 15.5. The fourth-order valence-corrected chi connectivity index (χ4v) is 3.04. The monoisotopic (exact) mass is 319 g/mol. The van der Waals surface area contributed by atoms with Crippen molar-refractivity contribution in [2.45, 2.75) is 6.42 Å². The molecule has 1 saturated heterocycles. The highest BCUT2D eigenvalue weighted by molar-refractivity contribution is 6.27. The number of aromatic amines is 1. The third-order valence-corrected chi connectivity index (χ3v) is 4.30. The van der Waals surface area contributed by atoms with Crippen LogP contribution < -0.4 is 0 Å². The maximum Gasteiger partial charge on any atom is 0.256 e. The molecule has 0 spiro atoms. The zero-order valence-corrected chi connectivity index (χ0v) is 13.0.